The number of ether oxygens (including phenoxy) is 1. The fraction of sp³-hybridized carbons (Fsp3) is 0.667. The highest BCUT2D eigenvalue weighted by atomic mass is 79.9. The van der Waals surface area contributed by atoms with E-state index in [1.807, 2.05) is 18.4 Å². The van der Waals surface area contributed by atoms with Crippen molar-refractivity contribution in [2.24, 2.45) is 5.92 Å². The van der Waals surface area contributed by atoms with E-state index in [2.05, 4.69) is 15.9 Å². The second-order valence-corrected chi connectivity index (χ2v) is 6.10. The van der Waals surface area contributed by atoms with E-state index in [0.29, 0.717) is 12.0 Å². The average molecular weight is 305 g/mol. The molecule has 1 unspecified atom stereocenters. The zero-order valence-electron chi connectivity index (χ0n) is 9.36. The van der Waals surface area contributed by atoms with Gasteiger partial charge in [0.25, 0.3) is 0 Å². The van der Waals surface area contributed by atoms with E-state index < -0.39 is 0 Å². The Kier molecular flexibility index (Phi) is 4.41. The quantitative estimate of drug-likeness (QED) is 0.898. The van der Waals surface area contributed by atoms with Gasteiger partial charge in [0.2, 0.25) is 0 Å². The van der Waals surface area contributed by atoms with Crippen LogP contribution in [0.1, 0.15) is 37.2 Å². The molecule has 1 aliphatic carbocycles. The minimum Gasteiger partial charge on any atom is -0.388 e. The molecule has 1 N–H and O–H groups in total. The van der Waals surface area contributed by atoms with Gasteiger partial charge in [-0.25, -0.2) is 0 Å². The summed E-state index contributed by atoms with van der Waals surface area (Å²) in [5.41, 5.74) is 0. The Hall–Kier alpha value is 0.100. The fourth-order valence-corrected chi connectivity index (χ4v) is 3.84. The summed E-state index contributed by atoms with van der Waals surface area (Å²) in [6, 6.07) is 1.99. The minimum atomic E-state index is -0.318. The van der Waals surface area contributed by atoms with Crippen LogP contribution in [0.2, 0.25) is 0 Å². The lowest BCUT2D eigenvalue weighted by atomic mass is 9.78. The number of aliphatic hydroxyl groups is 1. The molecule has 0 aromatic carbocycles. The van der Waals surface area contributed by atoms with Crippen LogP contribution in [0.15, 0.2) is 15.9 Å². The molecule has 1 saturated carbocycles. The number of halogens is 1. The molecule has 2 nitrogen and oxygen atoms in total. The molecule has 90 valence electrons. The molecule has 0 spiro atoms. The van der Waals surface area contributed by atoms with Crippen LogP contribution in [-0.2, 0) is 4.74 Å². The lowest BCUT2D eigenvalue weighted by Crippen LogP contribution is -2.32. The maximum atomic E-state index is 10.1. The van der Waals surface area contributed by atoms with Crippen molar-refractivity contribution in [3.8, 4) is 0 Å². The van der Waals surface area contributed by atoms with Crippen molar-refractivity contribution in [3.05, 3.63) is 20.8 Å². The molecule has 1 aromatic rings. The third kappa shape index (κ3) is 2.86. The first kappa shape index (κ1) is 12.6. The van der Waals surface area contributed by atoms with Crippen molar-refractivity contribution in [2.45, 2.75) is 38.4 Å². The normalized spacial score (nSPS) is 26.4. The summed E-state index contributed by atoms with van der Waals surface area (Å²) in [7, 11) is 0. The number of thiophene rings is 1. The lowest BCUT2D eigenvalue weighted by Gasteiger charge is -2.36. The van der Waals surface area contributed by atoms with Gasteiger partial charge in [0.1, 0.15) is 0 Å². The average Bonchev–Trinajstić information content (AvgIpc) is 2.61. The predicted octanol–water partition coefficient (Wildman–Crippen LogP) is 3.75. The number of rotatable bonds is 5. The summed E-state index contributed by atoms with van der Waals surface area (Å²) < 4.78 is 6.55. The van der Waals surface area contributed by atoms with Gasteiger partial charge >= 0.3 is 0 Å². The molecule has 0 saturated heterocycles. The molecule has 1 aromatic heterocycles. The third-order valence-electron chi connectivity index (χ3n) is 3.10. The Labute approximate surface area is 109 Å². The molecule has 0 radical (unpaired) electrons. The second kappa shape index (κ2) is 5.63. The molecule has 0 amide bonds. The van der Waals surface area contributed by atoms with Crippen LogP contribution in [0.25, 0.3) is 0 Å². The smallest absolute Gasteiger partial charge is 0.0896 e. The first-order chi connectivity index (χ1) is 7.70. The van der Waals surface area contributed by atoms with Crippen molar-refractivity contribution < 1.29 is 9.84 Å². The summed E-state index contributed by atoms with van der Waals surface area (Å²) in [5.74, 6) is 0.626. The van der Waals surface area contributed by atoms with E-state index in [-0.39, 0.29) is 6.10 Å². The van der Waals surface area contributed by atoms with Crippen LogP contribution in [0.5, 0.6) is 0 Å². The van der Waals surface area contributed by atoms with Gasteiger partial charge in [-0.05, 0) is 59.5 Å². The second-order valence-electron chi connectivity index (χ2n) is 4.30. The van der Waals surface area contributed by atoms with Gasteiger partial charge in [0.15, 0.2) is 0 Å². The topological polar surface area (TPSA) is 29.5 Å². The van der Waals surface area contributed by atoms with E-state index in [4.69, 9.17) is 4.74 Å². The molecule has 4 heteroatoms. The highest BCUT2D eigenvalue weighted by Crippen LogP contribution is 2.39. The summed E-state index contributed by atoms with van der Waals surface area (Å²) in [6.45, 7) is 2.83. The molecule has 2 rings (SSSR count). The SMILES string of the molecule is CCOC1CC(CC(O)c2sccc2Br)C1. The van der Waals surface area contributed by atoms with Gasteiger partial charge in [-0.3, -0.25) is 0 Å². The third-order valence-corrected chi connectivity index (χ3v) is 5.07. The Bertz CT molecular complexity index is 334. The van der Waals surface area contributed by atoms with E-state index in [9.17, 15) is 5.11 Å². The maximum absolute atomic E-state index is 10.1. The van der Waals surface area contributed by atoms with Crippen LogP contribution >= 0.6 is 27.3 Å². The number of hydrogen-bond donors (Lipinski definition) is 1. The van der Waals surface area contributed by atoms with Crippen LogP contribution in [-0.4, -0.2) is 17.8 Å². The Balaban J connectivity index is 1.77. The van der Waals surface area contributed by atoms with E-state index in [1.165, 1.54) is 0 Å². The minimum absolute atomic E-state index is 0.318. The zero-order valence-corrected chi connectivity index (χ0v) is 11.8. The summed E-state index contributed by atoms with van der Waals surface area (Å²) >= 11 is 5.08. The van der Waals surface area contributed by atoms with E-state index in [0.717, 1.165) is 35.2 Å². The molecule has 0 aliphatic heterocycles. The number of hydrogen-bond acceptors (Lipinski definition) is 3. The standard InChI is InChI=1S/C12H17BrO2S/c1-2-15-9-5-8(6-9)7-11(14)12-10(13)3-4-16-12/h3-4,8-9,11,14H,2,5-7H2,1H3. The molecule has 1 aliphatic rings. The molecule has 16 heavy (non-hydrogen) atoms. The van der Waals surface area contributed by atoms with Crippen LogP contribution in [0, 0.1) is 5.92 Å². The van der Waals surface area contributed by atoms with Crippen molar-refractivity contribution in [2.75, 3.05) is 6.61 Å². The van der Waals surface area contributed by atoms with Gasteiger partial charge in [-0.2, -0.15) is 0 Å². The molecule has 0 bridgehead atoms. The Morgan fingerprint density at radius 1 is 1.62 bits per heavy atom. The fourth-order valence-electron chi connectivity index (χ4n) is 2.20. The zero-order chi connectivity index (χ0) is 11.5. The highest BCUT2D eigenvalue weighted by Gasteiger charge is 2.31. The Morgan fingerprint density at radius 3 is 2.94 bits per heavy atom. The maximum Gasteiger partial charge on any atom is 0.0896 e. The molecular formula is C12H17BrO2S. The molecule has 1 fully saturated rings. The van der Waals surface area contributed by atoms with E-state index >= 15 is 0 Å². The van der Waals surface area contributed by atoms with E-state index in [1.54, 1.807) is 11.3 Å². The van der Waals surface area contributed by atoms with Gasteiger partial charge < -0.3 is 9.84 Å². The summed E-state index contributed by atoms with van der Waals surface area (Å²) in [4.78, 5) is 1.06. The van der Waals surface area contributed by atoms with Crippen LogP contribution in [0.3, 0.4) is 0 Å². The lowest BCUT2D eigenvalue weighted by molar-refractivity contribution is -0.0377. The molecule has 1 atom stereocenters. The molecular weight excluding hydrogens is 288 g/mol. The van der Waals surface area contributed by atoms with Crippen molar-refractivity contribution in [3.63, 3.8) is 0 Å². The monoisotopic (exact) mass is 304 g/mol. The molecule has 1 heterocycles. The predicted molar refractivity (Wildman–Crippen MR) is 69.7 cm³/mol. The number of aliphatic hydroxyl groups excluding tert-OH is 1. The Morgan fingerprint density at radius 2 is 2.38 bits per heavy atom. The first-order valence-corrected chi connectivity index (χ1v) is 7.40. The summed E-state index contributed by atoms with van der Waals surface area (Å²) in [5, 5.41) is 12.1. The van der Waals surface area contributed by atoms with Crippen LogP contribution < -0.4 is 0 Å². The first-order valence-electron chi connectivity index (χ1n) is 5.73. The van der Waals surface area contributed by atoms with Crippen molar-refractivity contribution in [1.29, 1.82) is 0 Å². The highest BCUT2D eigenvalue weighted by molar-refractivity contribution is 9.10. The van der Waals surface area contributed by atoms with Gasteiger partial charge in [-0.1, -0.05) is 0 Å². The van der Waals surface area contributed by atoms with Gasteiger partial charge in [0.05, 0.1) is 12.2 Å². The van der Waals surface area contributed by atoms with Crippen LogP contribution in [0.4, 0.5) is 0 Å². The largest absolute Gasteiger partial charge is 0.388 e. The summed E-state index contributed by atoms with van der Waals surface area (Å²) in [6.07, 6.45) is 3.20. The van der Waals surface area contributed by atoms with Gasteiger partial charge in [0, 0.05) is 16.0 Å². The van der Waals surface area contributed by atoms with Crippen molar-refractivity contribution in [1.82, 2.24) is 0 Å². The van der Waals surface area contributed by atoms with Gasteiger partial charge in [-0.15, -0.1) is 11.3 Å². The van der Waals surface area contributed by atoms with Crippen molar-refractivity contribution >= 4 is 27.3 Å².